The summed E-state index contributed by atoms with van der Waals surface area (Å²) in [6, 6.07) is 0. The van der Waals surface area contributed by atoms with Crippen molar-refractivity contribution in [1.82, 2.24) is 4.90 Å². The Hall–Kier alpha value is -0.180. The first kappa shape index (κ1) is 8.91. The topological polar surface area (TPSA) is 3.24 Å². The van der Waals surface area contributed by atoms with E-state index in [1.807, 2.05) is 0 Å². The number of hydrogen-bond acceptors (Lipinski definition) is 1. The van der Waals surface area contributed by atoms with Gasteiger partial charge in [-0.3, -0.25) is 0 Å². The summed E-state index contributed by atoms with van der Waals surface area (Å²) in [4.78, 5) is 2.23. The van der Waals surface area contributed by atoms with Gasteiger partial charge in [0.25, 0.3) is 0 Å². The number of alkyl halides is 2. The van der Waals surface area contributed by atoms with E-state index in [9.17, 15) is 8.78 Å². The summed E-state index contributed by atoms with van der Waals surface area (Å²) in [6.07, 6.45) is -0.884. The molecule has 0 spiro atoms. The van der Waals surface area contributed by atoms with Gasteiger partial charge in [-0.2, -0.15) is 0 Å². The number of hydrogen-bond donors (Lipinski definition) is 0. The van der Waals surface area contributed by atoms with E-state index in [4.69, 9.17) is 0 Å². The lowest BCUT2D eigenvalue weighted by Gasteiger charge is -2.39. The van der Waals surface area contributed by atoms with Crippen molar-refractivity contribution in [2.75, 3.05) is 19.6 Å². The SMILES string of the molecule is CCCN1CC(CC(F)F)C1. The fourth-order valence-corrected chi connectivity index (χ4v) is 1.58. The second-order valence-corrected chi connectivity index (χ2v) is 3.25. The van der Waals surface area contributed by atoms with Crippen LogP contribution in [-0.2, 0) is 0 Å². The first-order valence-electron chi connectivity index (χ1n) is 4.23. The lowest BCUT2D eigenvalue weighted by atomic mass is 9.96. The van der Waals surface area contributed by atoms with Gasteiger partial charge < -0.3 is 4.90 Å². The number of likely N-dealkylation sites (tertiary alicyclic amines) is 1. The molecule has 0 aromatic rings. The van der Waals surface area contributed by atoms with Crippen molar-refractivity contribution in [2.24, 2.45) is 5.92 Å². The van der Waals surface area contributed by atoms with E-state index in [1.165, 1.54) is 0 Å². The molecule has 0 unspecified atom stereocenters. The van der Waals surface area contributed by atoms with Crippen molar-refractivity contribution >= 4 is 0 Å². The van der Waals surface area contributed by atoms with E-state index in [0.717, 1.165) is 26.1 Å². The normalized spacial score (nSPS) is 20.7. The van der Waals surface area contributed by atoms with Crippen molar-refractivity contribution in [2.45, 2.75) is 26.2 Å². The Bertz CT molecular complexity index is 111. The molecule has 1 nitrogen and oxygen atoms in total. The van der Waals surface area contributed by atoms with E-state index >= 15 is 0 Å². The minimum atomic E-state index is -2.11. The first-order chi connectivity index (χ1) is 5.22. The molecule has 0 N–H and O–H groups in total. The summed E-state index contributed by atoms with van der Waals surface area (Å²) in [6.45, 7) is 4.95. The van der Waals surface area contributed by atoms with E-state index in [-0.39, 0.29) is 12.3 Å². The Morgan fingerprint density at radius 1 is 1.45 bits per heavy atom. The summed E-state index contributed by atoms with van der Waals surface area (Å²) >= 11 is 0. The summed E-state index contributed by atoms with van der Waals surface area (Å²) in [5.74, 6) is 0.265. The van der Waals surface area contributed by atoms with Crippen LogP contribution in [0.5, 0.6) is 0 Å². The quantitative estimate of drug-likeness (QED) is 0.612. The third kappa shape index (κ3) is 2.73. The Morgan fingerprint density at radius 2 is 2.09 bits per heavy atom. The minimum absolute atomic E-state index is 0.0974. The fraction of sp³-hybridized carbons (Fsp3) is 1.00. The summed E-state index contributed by atoms with van der Waals surface area (Å²) < 4.78 is 23.6. The summed E-state index contributed by atoms with van der Waals surface area (Å²) in [5, 5.41) is 0. The number of nitrogens with zero attached hydrogens (tertiary/aromatic N) is 1. The van der Waals surface area contributed by atoms with Crippen LogP contribution in [0.15, 0.2) is 0 Å². The van der Waals surface area contributed by atoms with Gasteiger partial charge in [0.1, 0.15) is 0 Å². The van der Waals surface area contributed by atoms with Gasteiger partial charge in [-0.05, 0) is 18.9 Å². The van der Waals surface area contributed by atoms with Gasteiger partial charge in [-0.1, -0.05) is 6.92 Å². The van der Waals surface area contributed by atoms with Gasteiger partial charge in [-0.25, -0.2) is 8.78 Å². The Kier molecular flexibility index (Phi) is 3.24. The lowest BCUT2D eigenvalue weighted by molar-refractivity contribution is 0.0363. The van der Waals surface area contributed by atoms with Crippen LogP contribution < -0.4 is 0 Å². The Morgan fingerprint density at radius 3 is 2.55 bits per heavy atom. The minimum Gasteiger partial charge on any atom is -0.303 e. The Balaban J connectivity index is 2.00. The second-order valence-electron chi connectivity index (χ2n) is 3.25. The third-order valence-electron chi connectivity index (χ3n) is 2.08. The average molecular weight is 163 g/mol. The maximum atomic E-state index is 11.8. The molecule has 66 valence electrons. The van der Waals surface area contributed by atoms with Crippen LogP contribution in [0.1, 0.15) is 19.8 Å². The fourth-order valence-electron chi connectivity index (χ4n) is 1.58. The molecule has 0 amide bonds. The van der Waals surface area contributed by atoms with E-state index < -0.39 is 6.43 Å². The molecule has 0 saturated carbocycles. The van der Waals surface area contributed by atoms with Gasteiger partial charge in [0, 0.05) is 19.5 Å². The zero-order valence-electron chi connectivity index (χ0n) is 6.89. The van der Waals surface area contributed by atoms with E-state index in [0.29, 0.717) is 0 Å². The van der Waals surface area contributed by atoms with E-state index in [2.05, 4.69) is 11.8 Å². The molecule has 0 aromatic heterocycles. The predicted octanol–water partition coefficient (Wildman–Crippen LogP) is 1.98. The molecule has 0 aromatic carbocycles. The van der Waals surface area contributed by atoms with Crippen molar-refractivity contribution in [3.63, 3.8) is 0 Å². The van der Waals surface area contributed by atoms with Crippen LogP contribution in [0.3, 0.4) is 0 Å². The van der Waals surface area contributed by atoms with Gasteiger partial charge in [0.15, 0.2) is 0 Å². The molecule has 1 aliphatic rings. The maximum absolute atomic E-state index is 11.8. The van der Waals surface area contributed by atoms with Gasteiger partial charge >= 0.3 is 0 Å². The highest BCUT2D eigenvalue weighted by atomic mass is 19.3. The molecular formula is C8H15F2N. The van der Waals surface area contributed by atoms with Crippen molar-refractivity contribution in [3.8, 4) is 0 Å². The first-order valence-corrected chi connectivity index (χ1v) is 4.23. The zero-order valence-corrected chi connectivity index (χ0v) is 6.89. The lowest BCUT2D eigenvalue weighted by Crippen LogP contribution is -2.47. The largest absolute Gasteiger partial charge is 0.303 e. The molecule has 0 atom stereocenters. The van der Waals surface area contributed by atoms with Crippen LogP contribution in [0.2, 0.25) is 0 Å². The predicted molar refractivity (Wildman–Crippen MR) is 40.8 cm³/mol. The second kappa shape index (κ2) is 4.00. The molecule has 1 saturated heterocycles. The molecule has 1 aliphatic heterocycles. The Labute approximate surface area is 66.4 Å². The van der Waals surface area contributed by atoms with Crippen LogP contribution >= 0.6 is 0 Å². The van der Waals surface area contributed by atoms with E-state index in [1.54, 1.807) is 0 Å². The average Bonchev–Trinajstić information content (AvgIpc) is 1.82. The molecule has 1 rings (SSSR count). The van der Waals surface area contributed by atoms with Crippen molar-refractivity contribution in [3.05, 3.63) is 0 Å². The smallest absolute Gasteiger partial charge is 0.239 e. The van der Waals surface area contributed by atoms with Gasteiger partial charge in [0.2, 0.25) is 6.43 Å². The molecule has 0 radical (unpaired) electrons. The van der Waals surface area contributed by atoms with Gasteiger partial charge in [-0.15, -0.1) is 0 Å². The zero-order chi connectivity index (χ0) is 8.27. The number of halogens is 2. The highest BCUT2D eigenvalue weighted by molar-refractivity contribution is 4.79. The standard InChI is InChI=1S/C8H15F2N/c1-2-3-11-5-7(6-11)4-8(9)10/h7-8H,2-6H2,1H3. The van der Waals surface area contributed by atoms with Gasteiger partial charge in [0.05, 0.1) is 0 Å². The van der Waals surface area contributed by atoms with Crippen LogP contribution in [0, 0.1) is 5.92 Å². The summed E-state index contributed by atoms with van der Waals surface area (Å²) in [5.41, 5.74) is 0. The third-order valence-corrected chi connectivity index (χ3v) is 2.08. The number of rotatable bonds is 4. The molecule has 0 bridgehead atoms. The maximum Gasteiger partial charge on any atom is 0.239 e. The monoisotopic (exact) mass is 163 g/mol. The molecule has 1 fully saturated rings. The molecule has 0 aliphatic carbocycles. The van der Waals surface area contributed by atoms with Crippen LogP contribution in [0.4, 0.5) is 8.78 Å². The molecule has 11 heavy (non-hydrogen) atoms. The van der Waals surface area contributed by atoms with Crippen molar-refractivity contribution in [1.29, 1.82) is 0 Å². The molecule has 3 heteroatoms. The van der Waals surface area contributed by atoms with Crippen LogP contribution in [-0.4, -0.2) is 31.0 Å². The molecule has 1 heterocycles. The van der Waals surface area contributed by atoms with Crippen molar-refractivity contribution < 1.29 is 8.78 Å². The van der Waals surface area contributed by atoms with Crippen LogP contribution in [0.25, 0.3) is 0 Å². The highest BCUT2D eigenvalue weighted by Crippen LogP contribution is 2.21. The highest BCUT2D eigenvalue weighted by Gasteiger charge is 2.27. The summed E-state index contributed by atoms with van der Waals surface area (Å²) in [7, 11) is 0. The molecular weight excluding hydrogens is 148 g/mol.